The lowest BCUT2D eigenvalue weighted by Gasteiger charge is -2.21. The topological polar surface area (TPSA) is 12.0 Å². The molecule has 1 atom stereocenters. The quantitative estimate of drug-likeness (QED) is 0.683. The Hall–Kier alpha value is -1.18. The van der Waals surface area contributed by atoms with E-state index in [1.807, 2.05) is 18.2 Å². The lowest BCUT2D eigenvalue weighted by Crippen LogP contribution is -2.12. The number of anilines is 1. The lowest BCUT2D eigenvalue weighted by molar-refractivity contribution is 0.589. The Morgan fingerprint density at radius 2 is 1.43 bits per heavy atom. The van der Waals surface area contributed by atoms with E-state index in [1.165, 1.54) is 11.1 Å². The molecule has 0 heterocycles. The molecule has 2 aromatic rings. The van der Waals surface area contributed by atoms with Gasteiger partial charge in [0.2, 0.25) is 0 Å². The number of nitrogens with one attached hydrogen (secondary N) is 1. The highest BCUT2D eigenvalue weighted by atomic mass is 35.5. The minimum Gasteiger partial charge on any atom is -0.376 e. The Morgan fingerprint density at radius 3 is 1.90 bits per heavy atom. The van der Waals surface area contributed by atoms with Crippen LogP contribution in [0.15, 0.2) is 42.5 Å². The summed E-state index contributed by atoms with van der Waals surface area (Å²) in [5.74, 6) is 0. The maximum atomic E-state index is 6.20. The predicted molar refractivity (Wildman–Crippen MR) is 93.6 cm³/mol. The summed E-state index contributed by atoms with van der Waals surface area (Å²) in [6, 6.07) is 14.3. The zero-order chi connectivity index (χ0) is 15.6. The average molecular weight is 322 g/mol. The van der Waals surface area contributed by atoms with Crippen LogP contribution in [0, 0.1) is 0 Å². The highest BCUT2D eigenvalue weighted by Crippen LogP contribution is 2.33. The molecule has 3 heteroatoms. The Balaban J connectivity index is 2.19. The molecule has 21 heavy (non-hydrogen) atoms. The molecule has 0 saturated heterocycles. The maximum absolute atomic E-state index is 6.20. The van der Waals surface area contributed by atoms with Crippen LogP contribution in [-0.2, 0) is 5.41 Å². The van der Waals surface area contributed by atoms with Crippen LogP contribution in [0.5, 0.6) is 0 Å². The van der Waals surface area contributed by atoms with Gasteiger partial charge in [-0.05, 0) is 35.6 Å². The van der Waals surface area contributed by atoms with Crippen LogP contribution in [0.1, 0.15) is 44.9 Å². The van der Waals surface area contributed by atoms with Crippen molar-refractivity contribution in [2.24, 2.45) is 0 Å². The number of hydrogen-bond acceptors (Lipinski definition) is 1. The molecule has 0 aromatic heterocycles. The first-order valence-electron chi connectivity index (χ1n) is 7.10. The molecule has 2 rings (SSSR count). The summed E-state index contributed by atoms with van der Waals surface area (Å²) < 4.78 is 0. The van der Waals surface area contributed by atoms with Crippen molar-refractivity contribution < 1.29 is 0 Å². The van der Waals surface area contributed by atoms with Gasteiger partial charge in [-0.3, -0.25) is 0 Å². The molecule has 1 unspecified atom stereocenters. The van der Waals surface area contributed by atoms with Gasteiger partial charge in [-0.15, -0.1) is 0 Å². The molecule has 0 aliphatic heterocycles. The first-order valence-corrected chi connectivity index (χ1v) is 7.85. The number of hydrogen-bond donors (Lipinski definition) is 1. The lowest BCUT2D eigenvalue weighted by atomic mass is 9.86. The number of halogens is 2. The molecule has 1 N–H and O–H groups in total. The van der Waals surface area contributed by atoms with Gasteiger partial charge in [-0.2, -0.15) is 0 Å². The van der Waals surface area contributed by atoms with Crippen LogP contribution in [0.2, 0.25) is 10.0 Å². The predicted octanol–water partition coefficient (Wildman–Crippen LogP) is 6.46. The van der Waals surface area contributed by atoms with Gasteiger partial charge in [0.15, 0.2) is 0 Å². The number of para-hydroxylation sites is 1. The average Bonchev–Trinajstić information content (AvgIpc) is 2.42. The Bertz CT molecular complexity index is 592. The molecule has 0 spiro atoms. The van der Waals surface area contributed by atoms with Gasteiger partial charge in [0.1, 0.15) is 0 Å². The fraction of sp³-hybridized carbons (Fsp3) is 0.333. The van der Waals surface area contributed by atoms with E-state index < -0.39 is 0 Å². The third-order valence-corrected chi connectivity index (χ3v) is 4.23. The van der Waals surface area contributed by atoms with Crippen molar-refractivity contribution in [3.8, 4) is 0 Å². The van der Waals surface area contributed by atoms with Crippen molar-refractivity contribution in [3.63, 3.8) is 0 Å². The summed E-state index contributed by atoms with van der Waals surface area (Å²) in [5.41, 5.74) is 3.49. The molecule has 0 radical (unpaired) electrons. The van der Waals surface area contributed by atoms with E-state index in [1.54, 1.807) is 0 Å². The molecular formula is C18H21Cl2N. The van der Waals surface area contributed by atoms with Gasteiger partial charge >= 0.3 is 0 Å². The van der Waals surface area contributed by atoms with Crippen molar-refractivity contribution in [3.05, 3.63) is 63.6 Å². The van der Waals surface area contributed by atoms with Gasteiger partial charge in [0.05, 0.1) is 15.7 Å². The van der Waals surface area contributed by atoms with E-state index >= 15 is 0 Å². The fourth-order valence-electron chi connectivity index (χ4n) is 2.21. The molecule has 0 aliphatic rings. The number of rotatable bonds is 3. The zero-order valence-electron chi connectivity index (χ0n) is 12.9. The van der Waals surface area contributed by atoms with Crippen molar-refractivity contribution in [1.82, 2.24) is 0 Å². The summed E-state index contributed by atoms with van der Waals surface area (Å²) in [4.78, 5) is 0. The fourth-order valence-corrected chi connectivity index (χ4v) is 2.71. The molecule has 2 aromatic carbocycles. The van der Waals surface area contributed by atoms with Gasteiger partial charge in [0.25, 0.3) is 0 Å². The summed E-state index contributed by atoms with van der Waals surface area (Å²) in [7, 11) is 0. The highest BCUT2D eigenvalue weighted by molar-refractivity contribution is 6.39. The van der Waals surface area contributed by atoms with Crippen LogP contribution < -0.4 is 5.32 Å². The molecule has 1 nitrogen and oxygen atoms in total. The molecule has 0 fully saturated rings. The van der Waals surface area contributed by atoms with Gasteiger partial charge in [-0.1, -0.05) is 74.3 Å². The third kappa shape index (κ3) is 3.93. The number of benzene rings is 2. The van der Waals surface area contributed by atoms with Crippen molar-refractivity contribution in [2.45, 2.75) is 39.2 Å². The summed E-state index contributed by atoms with van der Waals surface area (Å²) in [6.45, 7) is 8.75. The Labute approximate surface area is 137 Å². The van der Waals surface area contributed by atoms with Gasteiger partial charge in [0, 0.05) is 6.04 Å². The van der Waals surface area contributed by atoms with E-state index in [2.05, 4.69) is 57.3 Å². The standard InChI is InChI=1S/C18H21Cl2N/c1-12(21-17-15(19)6-5-7-16(17)20)13-8-10-14(11-9-13)18(2,3)4/h5-12,21H,1-4H3. The Morgan fingerprint density at radius 1 is 0.905 bits per heavy atom. The second-order valence-electron chi connectivity index (χ2n) is 6.33. The maximum Gasteiger partial charge on any atom is 0.0723 e. The molecular weight excluding hydrogens is 301 g/mol. The smallest absolute Gasteiger partial charge is 0.0723 e. The van der Waals surface area contributed by atoms with Gasteiger partial charge < -0.3 is 5.32 Å². The zero-order valence-corrected chi connectivity index (χ0v) is 14.4. The van der Waals surface area contributed by atoms with Crippen LogP contribution in [0.4, 0.5) is 5.69 Å². The summed E-state index contributed by atoms with van der Waals surface area (Å²) in [6.07, 6.45) is 0. The largest absolute Gasteiger partial charge is 0.376 e. The SMILES string of the molecule is CC(Nc1c(Cl)cccc1Cl)c1ccc(C(C)(C)C)cc1. The minimum atomic E-state index is 0.136. The second kappa shape index (κ2) is 6.29. The molecule has 112 valence electrons. The molecule has 0 saturated carbocycles. The first kappa shape index (κ1) is 16.2. The van der Waals surface area contributed by atoms with E-state index in [0.29, 0.717) is 10.0 Å². The van der Waals surface area contributed by atoms with E-state index in [4.69, 9.17) is 23.2 Å². The van der Waals surface area contributed by atoms with Gasteiger partial charge in [-0.25, -0.2) is 0 Å². The molecule has 0 amide bonds. The van der Waals surface area contributed by atoms with Crippen LogP contribution in [0.25, 0.3) is 0 Å². The van der Waals surface area contributed by atoms with Crippen molar-refractivity contribution in [2.75, 3.05) is 5.32 Å². The monoisotopic (exact) mass is 321 g/mol. The third-order valence-electron chi connectivity index (χ3n) is 3.60. The molecule has 0 aliphatic carbocycles. The first-order chi connectivity index (χ1) is 9.79. The Kier molecular flexibility index (Phi) is 4.85. The normalized spacial score (nSPS) is 13.0. The van der Waals surface area contributed by atoms with E-state index in [0.717, 1.165) is 5.69 Å². The van der Waals surface area contributed by atoms with Crippen LogP contribution >= 0.6 is 23.2 Å². The summed E-state index contributed by atoms with van der Waals surface area (Å²) >= 11 is 12.4. The van der Waals surface area contributed by atoms with Crippen LogP contribution in [-0.4, -0.2) is 0 Å². The van der Waals surface area contributed by atoms with Crippen molar-refractivity contribution >= 4 is 28.9 Å². The van der Waals surface area contributed by atoms with E-state index in [-0.39, 0.29) is 11.5 Å². The second-order valence-corrected chi connectivity index (χ2v) is 7.15. The highest BCUT2D eigenvalue weighted by Gasteiger charge is 2.15. The molecule has 0 bridgehead atoms. The van der Waals surface area contributed by atoms with Crippen LogP contribution in [0.3, 0.4) is 0 Å². The van der Waals surface area contributed by atoms with Crippen molar-refractivity contribution in [1.29, 1.82) is 0 Å². The summed E-state index contributed by atoms with van der Waals surface area (Å²) in [5, 5.41) is 4.67. The van der Waals surface area contributed by atoms with E-state index in [9.17, 15) is 0 Å². The minimum absolute atomic E-state index is 0.136.